The van der Waals surface area contributed by atoms with E-state index in [1.807, 2.05) is 18.2 Å². The van der Waals surface area contributed by atoms with Gasteiger partial charge in [0.1, 0.15) is 23.0 Å². The molecule has 12 nitrogen and oxygen atoms in total. The molecule has 0 unspecified atom stereocenters. The number of anilines is 2. The Labute approximate surface area is 261 Å². The Morgan fingerprint density at radius 3 is 2.58 bits per heavy atom. The highest BCUT2D eigenvalue weighted by molar-refractivity contribution is 6.02. The smallest absolute Gasteiger partial charge is 0.275 e. The van der Waals surface area contributed by atoms with Gasteiger partial charge in [0.2, 0.25) is 0 Å². The van der Waals surface area contributed by atoms with Crippen molar-refractivity contribution in [1.82, 2.24) is 19.9 Å². The summed E-state index contributed by atoms with van der Waals surface area (Å²) < 4.78 is 23.3. The molecule has 12 heteroatoms. The number of carbonyl (C=O) groups excluding carboxylic acids is 1. The Hall–Kier alpha value is -4.52. The van der Waals surface area contributed by atoms with Crippen molar-refractivity contribution in [2.75, 3.05) is 69.9 Å². The Bertz CT molecular complexity index is 1590. The van der Waals surface area contributed by atoms with E-state index in [0.717, 1.165) is 63.4 Å². The molecule has 2 saturated heterocycles. The van der Waals surface area contributed by atoms with Crippen LogP contribution in [-0.2, 0) is 4.74 Å². The summed E-state index contributed by atoms with van der Waals surface area (Å²) in [6.07, 6.45) is 6.89. The van der Waals surface area contributed by atoms with Crippen molar-refractivity contribution in [2.45, 2.75) is 25.4 Å². The molecule has 2 aliphatic rings. The largest absolute Gasteiger partial charge is 0.493 e. The van der Waals surface area contributed by atoms with Crippen LogP contribution >= 0.6 is 0 Å². The van der Waals surface area contributed by atoms with Gasteiger partial charge in [-0.3, -0.25) is 19.7 Å². The van der Waals surface area contributed by atoms with E-state index in [4.69, 9.17) is 18.9 Å². The standard InChI is InChI=1S/C33H38N6O6/c1-42-30-20-26-27(21-31(30)44-16-2-11-38-14-17-43-18-15-38)34-10-6-29(26)45-25-3-4-32(36-22-25)37-33(41)28-19-23(5-9-35-28)39-12-7-24(40)8-13-39/h3-6,9-10,19-22,24,40H,2,7-8,11-18H2,1H3,(H,36,37,41). The summed E-state index contributed by atoms with van der Waals surface area (Å²) in [5, 5.41) is 13.4. The second-order valence-corrected chi connectivity index (χ2v) is 11.0. The second kappa shape index (κ2) is 14.5. The zero-order chi connectivity index (χ0) is 31.0. The fraction of sp³-hybridized carbons (Fsp3) is 0.394. The number of nitrogens with one attached hydrogen (secondary N) is 1. The predicted molar refractivity (Wildman–Crippen MR) is 170 cm³/mol. The number of morpholine rings is 1. The minimum absolute atomic E-state index is 0.266. The van der Waals surface area contributed by atoms with Gasteiger partial charge in [-0.2, -0.15) is 0 Å². The van der Waals surface area contributed by atoms with Crippen LogP contribution in [0.25, 0.3) is 10.9 Å². The molecule has 0 saturated carbocycles. The van der Waals surface area contributed by atoms with Crippen LogP contribution in [0.5, 0.6) is 23.0 Å². The van der Waals surface area contributed by atoms with Crippen LogP contribution in [0.4, 0.5) is 11.5 Å². The number of fused-ring (bicyclic) bond motifs is 1. The van der Waals surface area contributed by atoms with Gasteiger partial charge in [0, 0.05) is 62.3 Å². The van der Waals surface area contributed by atoms with Gasteiger partial charge in [-0.1, -0.05) is 0 Å². The number of nitrogens with zero attached hydrogens (tertiary/aromatic N) is 5. The first kappa shape index (κ1) is 30.5. The van der Waals surface area contributed by atoms with E-state index in [9.17, 15) is 9.90 Å². The molecule has 0 atom stereocenters. The normalized spacial score (nSPS) is 16.0. The number of methoxy groups -OCH3 is 1. The molecule has 4 aromatic rings. The monoisotopic (exact) mass is 614 g/mol. The molecule has 3 aromatic heterocycles. The Kier molecular flexibility index (Phi) is 9.83. The SMILES string of the molecule is COc1cc2c(Oc3ccc(NC(=O)c4cc(N5CCC(O)CC5)ccn4)nc3)ccnc2cc1OCCCN1CCOCC1. The Morgan fingerprint density at radius 1 is 0.978 bits per heavy atom. The van der Waals surface area contributed by atoms with E-state index >= 15 is 0 Å². The van der Waals surface area contributed by atoms with Crippen molar-refractivity contribution >= 4 is 28.3 Å². The van der Waals surface area contributed by atoms with Crippen LogP contribution in [0.2, 0.25) is 0 Å². The molecule has 0 spiro atoms. The van der Waals surface area contributed by atoms with Crippen LogP contribution in [0.15, 0.2) is 61.1 Å². The summed E-state index contributed by atoms with van der Waals surface area (Å²) in [6, 6.07) is 12.6. The summed E-state index contributed by atoms with van der Waals surface area (Å²) in [7, 11) is 1.61. The molecule has 6 rings (SSSR count). The van der Waals surface area contributed by atoms with Crippen molar-refractivity contribution < 1.29 is 28.8 Å². The van der Waals surface area contributed by atoms with Gasteiger partial charge < -0.3 is 34.3 Å². The highest BCUT2D eigenvalue weighted by atomic mass is 16.5. The number of rotatable bonds is 11. The van der Waals surface area contributed by atoms with Crippen molar-refractivity contribution in [3.05, 3.63) is 66.7 Å². The van der Waals surface area contributed by atoms with E-state index < -0.39 is 0 Å². The van der Waals surface area contributed by atoms with Gasteiger partial charge in [0.15, 0.2) is 11.5 Å². The molecule has 2 N–H and O–H groups in total. The predicted octanol–water partition coefficient (Wildman–Crippen LogP) is 4.14. The van der Waals surface area contributed by atoms with E-state index in [-0.39, 0.29) is 12.0 Å². The van der Waals surface area contributed by atoms with Crippen LogP contribution in [-0.4, -0.2) is 96.6 Å². The van der Waals surface area contributed by atoms with E-state index in [2.05, 4.69) is 30.1 Å². The molecular weight excluding hydrogens is 576 g/mol. The third-order valence-corrected chi connectivity index (χ3v) is 7.98. The average molecular weight is 615 g/mol. The molecular formula is C33H38N6O6. The summed E-state index contributed by atoms with van der Waals surface area (Å²) in [4.78, 5) is 30.6. The summed E-state index contributed by atoms with van der Waals surface area (Å²) >= 11 is 0. The third kappa shape index (κ3) is 7.77. The number of pyridine rings is 3. The molecule has 1 aromatic carbocycles. The maximum Gasteiger partial charge on any atom is 0.275 e. The third-order valence-electron chi connectivity index (χ3n) is 7.98. The van der Waals surface area contributed by atoms with E-state index in [1.165, 1.54) is 0 Å². The first-order valence-corrected chi connectivity index (χ1v) is 15.3. The van der Waals surface area contributed by atoms with E-state index in [0.29, 0.717) is 59.5 Å². The molecule has 45 heavy (non-hydrogen) atoms. The minimum atomic E-state index is -0.360. The lowest BCUT2D eigenvalue weighted by molar-refractivity contribution is 0.0357. The molecule has 0 aliphatic carbocycles. The number of amides is 1. The van der Waals surface area contributed by atoms with Crippen LogP contribution in [0.3, 0.4) is 0 Å². The van der Waals surface area contributed by atoms with E-state index in [1.54, 1.807) is 50.0 Å². The lowest BCUT2D eigenvalue weighted by Gasteiger charge is -2.31. The average Bonchev–Trinajstić information content (AvgIpc) is 3.08. The van der Waals surface area contributed by atoms with Crippen LogP contribution in [0, 0.1) is 0 Å². The Morgan fingerprint density at radius 2 is 1.80 bits per heavy atom. The van der Waals surface area contributed by atoms with Crippen LogP contribution < -0.4 is 24.4 Å². The number of benzene rings is 1. The quantitative estimate of drug-likeness (QED) is 0.236. The maximum atomic E-state index is 12.9. The number of hydrogen-bond acceptors (Lipinski definition) is 11. The molecule has 2 aliphatic heterocycles. The number of piperidine rings is 1. The van der Waals surface area contributed by atoms with Crippen molar-refractivity contribution in [1.29, 1.82) is 0 Å². The minimum Gasteiger partial charge on any atom is -0.493 e. The summed E-state index contributed by atoms with van der Waals surface area (Å²) in [6.45, 7) is 6.47. The highest BCUT2D eigenvalue weighted by Gasteiger charge is 2.19. The van der Waals surface area contributed by atoms with Gasteiger partial charge in [-0.25, -0.2) is 4.98 Å². The zero-order valence-corrected chi connectivity index (χ0v) is 25.4. The highest BCUT2D eigenvalue weighted by Crippen LogP contribution is 2.37. The number of aliphatic hydroxyl groups excluding tert-OH is 1. The van der Waals surface area contributed by atoms with Gasteiger partial charge in [-0.15, -0.1) is 0 Å². The fourth-order valence-electron chi connectivity index (χ4n) is 5.47. The number of aliphatic hydroxyl groups is 1. The first-order chi connectivity index (χ1) is 22.1. The molecule has 5 heterocycles. The first-order valence-electron chi connectivity index (χ1n) is 15.3. The van der Waals surface area contributed by atoms with Crippen LogP contribution in [0.1, 0.15) is 29.8 Å². The summed E-state index contributed by atoms with van der Waals surface area (Å²) in [5.74, 6) is 2.32. The lowest BCUT2D eigenvalue weighted by atomic mass is 10.1. The number of carbonyl (C=O) groups is 1. The molecule has 236 valence electrons. The van der Waals surface area contributed by atoms with Crippen molar-refractivity contribution in [3.8, 4) is 23.0 Å². The molecule has 1 amide bonds. The van der Waals surface area contributed by atoms with Crippen molar-refractivity contribution in [2.24, 2.45) is 0 Å². The number of ether oxygens (including phenoxy) is 4. The molecule has 0 bridgehead atoms. The van der Waals surface area contributed by atoms with Gasteiger partial charge in [0.05, 0.1) is 44.7 Å². The fourth-order valence-corrected chi connectivity index (χ4v) is 5.47. The topological polar surface area (TPSA) is 131 Å². The van der Waals surface area contributed by atoms with Gasteiger partial charge in [-0.05, 0) is 55.7 Å². The van der Waals surface area contributed by atoms with Crippen molar-refractivity contribution in [3.63, 3.8) is 0 Å². The number of aromatic nitrogens is 3. The summed E-state index contributed by atoms with van der Waals surface area (Å²) in [5.41, 5.74) is 1.91. The van der Waals surface area contributed by atoms with Gasteiger partial charge >= 0.3 is 0 Å². The molecule has 2 fully saturated rings. The Balaban J connectivity index is 1.08. The number of hydrogen-bond donors (Lipinski definition) is 2. The second-order valence-electron chi connectivity index (χ2n) is 11.0. The maximum absolute atomic E-state index is 12.9. The van der Waals surface area contributed by atoms with Gasteiger partial charge in [0.25, 0.3) is 5.91 Å². The molecule has 0 radical (unpaired) electrons. The zero-order valence-electron chi connectivity index (χ0n) is 25.4. The lowest BCUT2D eigenvalue weighted by Crippen LogP contribution is -2.37.